The van der Waals surface area contributed by atoms with Gasteiger partial charge in [0.25, 0.3) is 5.91 Å². The van der Waals surface area contributed by atoms with Crippen LogP contribution in [0.3, 0.4) is 0 Å². The van der Waals surface area contributed by atoms with E-state index in [1.807, 2.05) is 0 Å². The minimum Gasteiger partial charge on any atom is -0.484 e. The molecule has 1 saturated heterocycles. The third-order valence-corrected chi connectivity index (χ3v) is 5.56. The van der Waals surface area contributed by atoms with Gasteiger partial charge in [0.1, 0.15) is 5.75 Å². The van der Waals surface area contributed by atoms with Crippen LogP contribution in [0.5, 0.6) is 5.75 Å². The van der Waals surface area contributed by atoms with Gasteiger partial charge in [0.15, 0.2) is 12.4 Å². The lowest BCUT2D eigenvalue weighted by molar-refractivity contribution is -0.123. The molecule has 0 unspecified atom stereocenters. The molecule has 0 aromatic heterocycles. The van der Waals surface area contributed by atoms with E-state index in [0.717, 1.165) is 19.5 Å². The second-order valence-corrected chi connectivity index (χ2v) is 7.97. The highest BCUT2D eigenvalue weighted by molar-refractivity contribution is 6.30. The number of hydrogen-bond acceptors (Lipinski definition) is 4. The first-order valence-electron chi connectivity index (χ1n) is 9.99. The van der Waals surface area contributed by atoms with Crippen molar-refractivity contribution in [1.29, 1.82) is 0 Å². The number of rotatable bonds is 8. The van der Waals surface area contributed by atoms with Crippen molar-refractivity contribution in [3.8, 4) is 5.75 Å². The maximum Gasteiger partial charge on any atom is 0.257 e. The molecule has 0 bridgehead atoms. The van der Waals surface area contributed by atoms with Crippen LogP contribution in [0.2, 0.25) is 5.02 Å². The summed E-state index contributed by atoms with van der Waals surface area (Å²) >= 11 is 5.86. The summed E-state index contributed by atoms with van der Waals surface area (Å²) in [4.78, 5) is 26.8. The van der Waals surface area contributed by atoms with Crippen LogP contribution in [-0.2, 0) is 4.79 Å². The summed E-state index contributed by atoms with van der Waals surface area (Å²) in [6, 6.07) is 13.6. The van der Waals surface area contributed by atoms with E-state index in [0.29, 0.717) is 34.4 Å². The summed E-state index contributed by atoms with van der Waals surface area (Å²) in [5.41, 5.74) is 1.13. The molecule has 0 saturated carbocycles. The van der Waals surface area contributed by atoms with E-state index in [2.05, 4.69) is 17.3 Å². The fraction of sp³-hybridized carbons (Fsp3) is 0.391. The Morgan fingerprint density at radius 1 is 1.03 bits per heavy atom. The van der Waals surface area contributed by atoms with Gasteiger partial charge in [-0.2, -0.15) is 0 Å². The van der Waals surface area contributed by atoms with Gasteiger partial charge in [0, 0.05) is 22.7 Å². The monoisotopic (exact) mass is 414 g/mol. The molecule has 1 fully saturated rings. The highest BCUT2D eigenvalue weighted by Crippen LogP contribution is 2.19. The van der Waals surface area contributed by atoms with Gasteiger partial charge in [0.2, 0.25) is 0 Å². The van der Waals surface area contributed by atoms with Crippen molar-refractivity contribution in [1.82, 2.24) is 10.2 Å². The summed E-state index contributed by atoms with van der Waals surface area (Å²) in [7, 11) is 2.15. The molecule has 1 heterocycles. The smallest absolute Gasteiger partial charge is 0.257 e. The number of piperidine rings is 1. The zero-order valence-corrected chi connectivity index (χ0v) is 17.5. The molecule has 2 aromatic carbocycles. The Bertz CT molecular complexity index is 813. The minimum absolute atomic E-state index is 0.0299. The molecule has 1 aliphatic rings. The van der Waals surface area contributed by atoms with Gasteiger partial charge in [0.05, 0.1) is 0 Å². The fourth-order valence-electron chi connectivity index (χ4n) is 3.44. The zero-order chi connectivity index (χ0) is 20.6. The van der Waals surface area contributed by atoms with Crippen LogP contribution >= 0.6 is 11.6 Å². The minimum atomic E-state index is -0.126. The van der Waals surface area contributed by atoms with E-state index in [9.17, 15) is 9.59 Å². The van der Waals surface area contributed by atoms with Crippen molar-refractivity contribution in [2.24, 2.45) is 5.92 Å². The normalized spacial score (nSPS) is 15.1. The highest BCUT2D eigenvalue weighted by atomic mass is 35.5. The van der Waals surface area contributed by atoms with Crippen LogP contribution in [0.4, 0.5) is 0 Å². The van der Waals surface area contributed by atoms with Gasteiger partial charge in [-0.25, -0.2) is 0 Å². The molecule has 0 spiro atoms. The number of halogens is 1. The molecular weight excluding hydrogens is 388 g/mol. The molecule has 1 N–H and O–H groups in total. The second kappa shape index (κ2) is 10.4. The van der Waals surface area contributed by atoms with Crippen molar-refractivity contribution in [2.45, 2.75) is 19.3 Å². The average molecular weight is 415 g/mol. The lowest BCUT2D eigenvalue weighted by Crippen LogP contribution is -2.34. The van der Waals surface area contributed by atoms with Crippen molar-refractivity contribution in [3.63, 3.8) is 0 Å². The number of likely N-dealkylation sites (tertiary alicyclic amines) is 1. The molecule has 2 aromatic rings. The number of carbonyl (C=O) groups is 2. The summed E-state index contributed by atoms with van der Waals surface area (Å²) < 4.78 is 5.53. The van der Waals surface area contributed by atoms with Gasteiger partial charge >= 0.3 is 0 Å². The molecule has 1 amide bonds. The zero-order valence-electron chi connectivity index (χ0n) is 16.7. The number of nitrogens with one attached hydrogen (secondary N) is 1. The van der Waals surface area contributed by atoms with Gasteiger partial charge in [-0.05, 0) is 93.8 Å². The van der Waals surface area contributed by atoms with E-state index < -0.39 is 0 Å². The Morgan fingerprint density at radius 3 is 2.24 bits per heavy atom. The molecule has 0 atom stereocenters. The molecule has 1 aliphatic heterocycles. The molecule has 154 valence electrons. The fourth-order valence-corrected chi connectivity index (χ4v) is 3.56. The number of hydrogen-bond donors (Lipinski definition) is 1. The van der Waals surface area contributed by atoms with Crippen LogP contribution in [0, 0.1) is 5.92 Å². The van der Waals surface area contributed by atoms with Crippen molar-refractivity contribution in [3.05, 3.63) is 64.7 Å². The van der Waals surface area contributed by atoms with Crippen molar-refractivity contribution in [2.75, 3.05) is 33.3 Å². The Hall–Kier alpha value is -2.37. The Labute approximate surface area is 177 Å². The topological polar surface area (TPSA) is 58.6 Å². The second-order valence-electron chi connectivity index (χ2n) is 7.53. The number of benzene rings is 2. The molecule has 6 heteroatoms. The van der Waals surface area contributed by atoms with Gasteiger partial charge in [-0.3, -0.25) is 9.59 Å². The summed E-state index contributed by atoms with van der Waals surface area (Å²) in [6.45, 7) is 2.93. The highest BCUT2D eigenvalue weighted by Gasteiger charge is 2.16. The van der Waals surface area contributed by atoms with Crippen LogP contribution in [-0.4, -0.2) is 49.9 Å². The van der Waals surface area contributed by atoms with Crippen molar-refractivity contribution >= 4 is 23.3 Å². The molecule has 0 aliphatic carbocycles. The first kappa shape index (κ1) is 21.3. The maximum atomic E-state index is 12.5. The Morgan fingerprint density at radius 2 is 1.62 bits per heavy atom. The van der Waals surface area contributed by atoms with Crippen LogP contribution in [0.25, 0.3) is 0 Å². The first-order valence-corrected chi connectivity index (χ1v) is 10.4. The third-order valence-electron chi connectivity index (χ3n) is 5.31. The predicted octanol–water partition coefficient (Wildman–Crippen LogP) is 3.80. The van der Waals surface area contributed by atoms with Crippen molar-refractivity contribution < 1.29 is 14.3 Å². The summed E-state index contributed by atoms with van der Waals surface area (Å²) in [5, 5.41) is 3.52. The predicted molar refractivity (Wildman–Crippen MR) is 115 cm³/mol. The molecule has 29 heavy (non-hydrogen) atoms. The Kier molecular flexibility index (Phi) is 7.67. The van der Waals surface area contributed by atoms with Gasteiger partial charge in [-0.15, -0.1) is 0 Å². The van der Waals surface area contributed by atoms with Crippen LogP contribution < -0.4 is 10.1 Å². The SMILES string of the molecule is CN1CCC(CCNC(=O)COc2ccc(C(=O)c3ccc(Cl)cc3)cc2)CC1. The standard InChI is InChI=1S/C23H27ClN2O3/c1-26-14-11-17(12-15-26)10-13-25-22(27)16-29-21-8-4-19(5-9-21)23(28)18-2-6-20(24)7-3-18/h2-9,17H,10-16H2,1H3,(H,25,27). The van der Waals surface area contributed by atoms with E-state index in [-0.39, 0.29) is 18.3 Å². The van der Waals surface area contributed by atoms with E-state index in [1.54, 1.807) is 48.5 Å². The number of nitrogens with zero attached hydrogens (tertiary/aromatic N) is 1. The average Bonchev–Trinajstić information content (AvgIpc) is 2.74. The molecule has 3 rings (SSSR count). The van der Waals surface area contributed by atoms with Gasteiger partial charge in [-0.1, -0.05) is 11.6 Å². The van der Waals surface area contributed by atoms with E-state index in [4.69, 9.17) is 16.3 Å². The number of ketones is 1. The van der Waals surface area contributed by atoms with Gasteiger partial charge < -0.3 is 15.0 Å². The molecular formula is C23H27ClN2O3. The van der Waals surface area contributed by atoms with Crippen LogP contribution in [0.15, 0.2) is 48.5 Å². The first-order chi connectivity index (χ1) is 14.0. The number of ether oxygens (including phenoxy) is 1. The summed E-state index contributed by atoms with van der Waals surface area (Å²) in [5.74, 6) is 1.04. The maximum absolute atomic E-state index is 12.5. The molecule has 0 radical (unpaired) electrons. The lowest BCUT2D eigenvalue weighted by atomic mass is 9.94. The van der Waals surface area contributed by atoms with Crippen LogP contribution in [0.1, 0.15) is 35.2 Å². The largest absolute Gasteiger partial charge is 0.484 e. The Balaban J connectivity index is 1.39. The summed E-state index contributed by atoms with van der Waals surface area (Å²) in [6.07, 6.45) is 3.41. The number of carbonyl (C=O) groups excluding carboxylic acids is 2. The lowest BCUT2D eigenvalue weighted by Gasteiger charge is -2.28. The van der Waals surface area contributed by atoms with E-state index in [1.165, 1.54) is 12.8 Å². The third kappa shape index (κ3) is 6.58. The number of amides is 1. The molecule has 5 nitrogen and oxygen atoms in total. The quantitative estimate of drug-likeness (QED) is 0.667. The van der Waals surface area contributed by atoms with E-state index >= 15 is 0 Å².